The zero-order valence-corrected chi connectivity index (χ0v) is 10.5. The second kappa shape index (κ2) is 4.38. The van der Waals surface area contributed by atoms with Gasteiger partial charge in [-0.25, -0.2) is 9.97 Å². The van der Waals surface area contributed by atoms with Crippen LogP contribution in [0, 0.1) is 12.8 Å². The zero-order chi connectivity index (χ0) is 11.7. The first-order chi connectivity index (χ1) is 7.56. The van der Waals surface area contributed by atoms with Gasteiger partial charge in [0.1, 0.15) is 0 Å². The lowest BCUT2D eigenvalue weighted by atomic mass is 10.1. The molecule has 0 fully saturated rings. The van der Waals surface area contributed by atoms with Crippen molar-refractivity contribution >= 4 is 22.6 Å². The van der Waals surface area contributed by atoms with Gasteiger partial charge < -0.3 is 0 Å². The average Bonchev–Trinajstić information content (AvgIpc) is 2.15. The second-order valence-electron chi connectivity index (χ2n) is 4.52. The van der Waals surface area contributed by atoms with Gasteiger partial charge in [-0.05, 0) is 37.5 Å². The summed E-state index contributed by atoms with van der Waals surface area (Å²) >= 11 is 6.22. The van der Waals surface area contributed by atoms with Crippen LogP contribution in [0.15, 0.2) is 18.2 Å². The third-order valence-electron chi connectivity index (χ3n) is 2.43. The zero-order valence-electron chi connectivity index (χ0n) is 9.79. The molecule has 0 aromatic carbocycles. The van der Waals surface area contributed by atoms with E-state index in [-0.39, 0.29) is 0 Å². The molecule has 16 heavy (non-hydrogen) atoms. The third-order valence-corrected chi connectivity index (χ3v) is 2.74. The summed E-state index contributed by atoms with van der Waals surface area (Å²) in [5, 5.41) is 1.67. The topological polar surface area (TPSA) is 25.8 Å². The molecule has 0 saturated heterocycles. The molecule has 0 radical (unpaired) electrons. The summed E-state index contributed by atoms with van der Waals surface area (Å²) < 4.78 is 0. The van der Waals surface area contributed by atoms with E-state index in [1.807, 2.05) is 25.1 Å². The molecule has 2 nitrogen and oxygen atoms in total. The van der Waals surface area contributed by atoms with E-state index in [0.29, 0.717) is 5.92 Å². The van der Waals surface area contributed by atoms with Gasteiger partial charge in [0.2, 0.25) is 0 Å². The van der Waals surface area contributed by atoms with Crippen molar-refractivity contribution in [1.29, 1.82) is 0 Å². The van der Waals surface area contributed by atoms with Gasteiger partial charge in [-0.3, -0.25) is 0 Å². The van der Waals surface area contributed by atoms with Crippen LogP contribution in [0.2, 0.25) is 5.02 Å². The Bertz CT molecular complexity index is 521. The molecule has 0 bridgehead atoms. The lowest BCUT2D eigenvalue weighted by Gasteiger charge is -2.07. The highest BCUT2D eigenvalue weighted by Crippen LogP contribution is 2.23. The van der Waals surface area contributed by atoms with Crippen LogP contribution >= 0.6 is 11.6 Å². The van der Waals surface area contributed by atoms with Crippen LogP contribution in [-0.2, 0) is 6.42 Å². The first kappa shape index (κ1) is 11.3. The Hall–Kier alpha value is -1.15. The Balaban J connectivity index is 2.56. The van der Waals surface area contributed by atoms with E-state index in [1.165, 1.54) is 0 Å². The Kier molecular flexibility index (Phi) is 3.10. The summed E-state index contributed by atoms with van der Waals surface area (Å²) in [4.78, 5) is 8.95. The van der Waals surface area contributed by atoms with Crippen LogP contribution in [0.25, 0.3) is 11.0 Å². The Labute approximate surface area is 101 Å². The Morgan fingerprint density at radius 3 is 2.69 bits per heavy atom. The maximum absolute atomic E-state index is 6.22. The van der Waals surface area contributed by atoms with E-state index in [4.69, 9.17) is 11.6 Å². The maximum atomic E-state index is 6.22. The van der Waals surface area contributed by atoms with Crippen molar-refractivity contribution in [2.45, 2.75) is 27.2 Å². The van der Waals surface area contributed by atoms with Gasteiger partial charge in [0.25, 0.3) is 0 Å². The molecule has 0 N–H and O–H groups in total. The highest BCUT2D eigenvalue weighted by molar-refractivity contribution is 6.35. The molecule has 0 aliphatic rings. The number of aryl methyl sites for hydroxylation is 1. The van der Waals surface area contributed by atoms with E-state index in [0.717, 1.165) is 33.9 Å². The first-order valence-electron chi connectivity index (χ1n) is 5.49. The molecule has 3 heteroatoms. The molecule has 0 spiro atoms. The molecular formula is C13H15ClN2. The van der Waals surface area contributed by atoms with E-state index in [1.54, 1.807) is 0 Å². The standard InChI is InChI=1S/C13H15ClN2/c1-8(2)6-10-7-12(14)11-5-4-9(3)15-13(11)16-10/h4-5,7-8H,6H2,1-3H3. The SMILES string of the molecule is Cc1ccc2c(Cl)cc(CC(C)C)nc2n1. The van der Waals surface area contributed by atoms with Crippen LogP contribution in [0.5, 0.6) is 0 Å². The van der Waals surface area contributed by atoms with Gasteiger partial charge in [0, 0.05) is 16.8 Å². The minimum atomic E-state index is 0.575. The predicted octanol–water partition coefficient (Wildman–Crippen LogP) is 3.79. The average molecular weight is 235 g/mol. The number of aromatic nitrogens is 2. The van der Waals surface area contributed by atoms with Crippen LogP contribution in [0.4, 0.5) is 0 Å². The van der Waals surface area contributed by atoms with E-state index in [9.17, 15) is 0 Å². The summed E-state index contributed by atoms with van der Waals surface area (Å²) in [7, 11) is 0. The van der Waals surface area contributed by atoms with E-state index < -0.39 is 0 Å². The van der Waals surface area contributed by atoms with Gasteiger partial charge >= 0.3 is 0 Å². The molecule has 2 aromatic rings. The summed E-state index contributed by atoms with van der Waals surface area (Å²) in [6.07, 6.45) is 0.936. The normalized spacial score (nSPS) is 11.3. The van der Waals surface area contributed by atoms with Gasteiger partial charge in [-0.1, -0.05) is 25.4 Å². The minimum absolute atomic E-state index is 0.575. The molecule has 2 aromatic heterocycles. The summed E-state index contributed by atoms with van der Waals surface area (Å²) in [5.41, 5.74) is 2.74. The molecule has 0 aliphatic heterocycles. The molecule has 2 heterocycles. The third kappa shape index (κ3) is 2.33. The molecular weight excluding hydrogens is 220 g/mol. The highest BCUT2D eigenvalue weighted by Gasteiger charge is 2.06. The van der Waals surface area contributed by atoms with Crippen molar-refractivity contribution in [1.82, 2.24) is 9.97 Å². The number of pyridine rings is 2. The van der Waals surface area contributed by atoms with E-state index >= 15 is 0 Å². The Morgan fingerprint density at radius 2 is 2.00 bits per heavy atom. The first-order valence-corrected chi connectivity index (χ1v) is 5.87. The van der Waals surface area contributed by atoms with Crippen molar-refractivity contribution in [2.24, 2.45) is 5.92 Å². The molecule has 0 amide bonds. The van der Waals surface area contributed by atoms with Crippen LogP contribution in [-0.4, -0.2) is 9.97 Å². The van der Waals surface area contributed by atoms with Crippen LogP contribution < -0.4 is 0 Å². The molecule has 0 unspecified atom stereocenters. The smallest absolute Gasteiger partial charge is 0.161 e. The van der Waals surface area contributed by atoms with Gasteiger partial charge in [-0.15, -0.1) is 0 Å². The molecule has 0 saturated carbocycles. The van der Waals surface area contributed by atoms with E-state index in [2.05, 4.69) is 23.8 Å². The van der Waals surface area contributed by atoms with Crippen LogP contribution in [0.1, 0.15) is 25.2 Å². The monoisotopic (exact) mass is 234 g/mol. The summed E-state index contributed by atoms with van der Waals surface area (Å²) in [5.74, 6) is 0.575. The largest absolute Gasteiger partial charge is 0.233 e. The number of rotatable bonds is 2. The van der Waals surface area contributed by atoms with Gasteiger partial charge in [0.15, 0.2) is 5.65 Å². The second-order valence-corrected chi connectivity index (χ2v) is 4.92. The fraction of sp³-hybridized carbons (Fsp3) is 0.385. The quantitative estimate of drug-likeness (QED) is 0.790. The summed E-state index contributed by atoms with van der Waals surface area (Å²) in [6, 6.07) is 5.88. The molecule has 0 aliphatic carbocycles. The molecule has 0 atom stereocenters. The Morgan fingerprint density at radius 1 is 1.25 bits per heavy atom. The number of nitrogens with zero attached hydrogens (tertiary/aromatic N) is 2. The van der Waals surface area contributed by atoms with Crippen molar-refractivity contribution < 1.29 is 0 Å². The van der Waals surface area contributed by atoms with Crippen molar-refractivity contribution in [3.05, 3.63) is 34.6 Å². The fourth-order valence-electron chi connectivity index (χ4n) is 1.73. The highest BCUT2D eigenvalue weighted by atomic mass is 35.5. The van der Waals surface area contributed by atoms with Crippen LogP contribution in [0.3, 0.4) is 0 Å². The fourth-order valence-corrected chi connectivity index (χ4v) is 2.00. The van der Waals surface area contributed by atoms with Crippen molar-refractivity contribution in [2.75, 3.05) is 0 Å². The lowest BCUT2D eigenvalue weighted by molar-refractivity contribution is 0.636. The maximum Gasteiger partial charge on any atom is 0.161 e. The van der Waals surface area contributed by atoms with Crippen molar-refractivity contribution in [3.63, 3.8) is 0 Å². The summed E-state index contributed by atoms with van der Waals surface area (Å²) in [6.45, 7) is 6.30. The molecule has 2 rings (SSSR count). The number of hydrogen-bond donors (Lipinski definition) is 0. The number of halogens is 1. The minimum Gasteiger partial charge on any atom is -0.233 e. The van der Waals surface area contributed by atoms with Crippen molar-refractivity contribution in [3.8, 4) is 0 Å². The van der Waals surface area contributed by atoms with Gasteiger partial charge in [-0.2, -0.15) is 0 Å². The number of hydrogen-bond acceptors (Lipinski definition) is 2. The van der Waals surface area contributed by atoms with Gasteiger partial charge in [0.05, 0.1) is 5.02 Å². The predicted molar refractivity (Wildman–Crippen MR) is 67.8 cm³/mol. The lowest BCUT2D eigenvalue weighted by Crippen LogP contribution is -1.99. The molecule has 84 valence electrons. The number of fused-ring (bicyclic) bond motifs is 1.